The van der Waals surface area contributed by atoms with Crippen LogP contribution in [0.4, 0.5) is 0 Å². The largest absolute Gasteiger partial charge is 0.466 e. The smallest absolute Gasteiger partial charge is 0.310 e. The lowest BCUT2D eigenvalue weighted by molar-refractivity contribution is -0.149. The third kappa shape index (κ3) is 4.15. The summed E-state index contributed by atoms with van der Waals surface area (Å²) in [6.07, 6.45) is 3.46. The van der Waals surface area contributed by atoms with Crippen LogP contribution in [-0.4, -0.2) is 55.6 Å². The average Bonchev–Trinajstić information content (AvgIpc) is 2.43. The molecule has 0 aromatic rings. The minimum atomic E-state index is -3.66. The van der Waals surface area contributed by atoms with Gasteiger partial charge in [0.25, 0.3) is 10.2 Å². The lowest BCUT2D eigenvalue weighted by Gasteiger charge is -2.37. The number of ether oxygens (including phenoxy) is 1. The third-order valence-corrected chi connectivity index (χ3v) is 5.73. The van der Waals surface area contributed by atoms with E-state index >= 15 is 0 Å². The fraction of sp³-hybridized carbons (Fsp3) is 0.923. The molecule has 1 saturated carbocycles. The van der Waals surface area contributed by atoms with Crippen LogP contribution in [-0.2, 0) is 19.7 Å². The highest BCUT2D eigenvalue weighted by Gasteiger charge is 2.38. The molecule has 0 aromatic carbocycles. The highest BCUT2D eigenvalue weighted by molar-refractivity contribution is 7.87. The van der Waals surface area contributed by atoms with E-state index in [0.29, 0.717) is 38.8 Å². The van der Waals surface area contributed by atoms with Crippen molar-refractivity contribution in [1.82, 2.24) is 9.03 Å². The molecule has 2 aliphatic rings. The topological polar surface area (TPSA) is 95.9 Å². The summed E-state index contributed by atoms with van der Waals surface area (Å²) in [5.41, 5.74) is -0.899. The highest BCUT2D eigenvalue weighted by Crippen LogP contribution is 2.31. The van der Waals surface area contributed by atoms with Crippen LogP contribution in [0.15, 0.2) is 0 Å². The van der Waals surface area contributed by atoms with Crippen molar-refractivity contribution < 1.29 is 23.1 Å². The van der Waals surface area contributed by atoms with E-state index in [1.54, 1.807) is 6.92 Å². The van der Waals surface area contributed by atoms with E-state index in [0.717, 1.165) is 6.42 Å². The number of nitrogens with zero attached hydrogens (tertiary/aromatic N) is 1. The second-order valence-electron chi connectivity index (χ2n) is 5.85. The summed E-state index contributed by atoms with van der Waals surface area (Å²) in [4.78, 5) is 11.7. The van der Waals surface area contributed by atoms with E-state index in [1.807, 2.05) is 0 Å². The fourth-order valence-corrected chi connectivity index (χ4v) is 4.07. The van der Waals surface area contributed by atoms with Crippen molar-refractivity contribution in [3.8, 4) is 0 Å². The fourth-order valence-electron chi connectivity index (χ4n) is 2.69. The first-order valence-electron chi connectivity index (χ1n) is 7.50. The van der Waals surface area contributed by atoms with Gasteiger partial charge in [-0.3, -0.25) is 4.79 Å². The molecule has 1 saturated heterocycles. The van der Waals surface area contributed by atoms with Crippen LogP contribution in [0.1, 0.15) is 39.0 Å². The first-order valence-corrected chi connectivity index (χ1v) is 8.94. The lowest BCUT2D eigenvalue weighted by Crippen LogP contribution is -2.53. The van der Waals surface area contributed by atoms with Gasteiger partial charge in [-0.1, -0.05) is 0 Å². The predicted molar refractivity (Wildman–Crippen MR) is 76.7 cm³/mol. The van der Waals surface area contributed by atoms with Crippen LogP contribution in [0.5, 0.6) is 0 Å². The van der Waals surface area contributed by atoms with E-state index < -0.39 is 21.7 Å². The Morgan fingerprint density at radius 1 is 1.43 bits per heavy atom. The Labute approximate surface area is 125 Å². The number of rotatable bonds is 6. The van der Waals surface area contributed by atoms with Crippen LogP contribution in [0, 0.1) is 5.92 Å². The summed E-state index contributed by atoms with van der Waals surface area (Å²) < 4.78 is 33.2. The van der Waals surface area contributed by atoms with Crippen LogP contribution in [0.25, 0.3) is 0 Å². The molecule has 2 rings (SSSR count). The zero-order valence-electron chi connectivity index (χ0n) is 12.4. The van der Waals surface area contributed by atoms with Crippen molar-refractivity contribution >= 4 is 16.2 Å². The summed E-state index contributed by atoms with van der Waals surface area (Å²) in [6, 6.07) is 0. The average molecular weight is 320 g/mol. The van der Waals surface area contributed by atoms with Gasteiger partial charge in [0.2, 0.25) is 0 Å². The van der Waals surface area contributed by atoms with Gasteiger partial charge in [-0.2, -0.15) is 17.4 Å². The summed E-state index contributed by atoms with van der Waals surface area (Å²) >= 11 is 0. The van der Waals surface area contributed by atoms with E-state index in [9.17, 15) is 18.3 Å². The SMILES string of the molecule is CCOC(=O)C1CCCN(S(=O)(=O)NCC2(O)CCC2)C1. The normalized spacial score (nSPS) is 26.1. The maximum absolute atomic E-state index is 12.2. The number of esters is 1. The molecule has 0 aromatic heterocycles. The van der Waals surface area contributed by atoms with Gasteiger partial charge >= 0.3 is 5.97 Å². The molecular weight excluding hydrogens is 296 g/mol. The zero-order chi connectivity index (χ0) is 15.5. The van der Waals surface area contributed by atoms with Gasteiger partial charge in [0.1, 0.15) is 0 Å². The molecule has 7 nitrogen and oxygen atoms in total. The summed E-state index contributed by atoms with van der Waals surface area (Å²) in [7, 11) is -3.66. The van der Waals surface area contributed by atoms with Crippen molar-refractivity contribution in [3.05, 3.63) is 0 Å². The van der Waals surface area contributed by atoms with Gasteiger partial charge in [-0.25, -0.2) is 0 Å². The molecule has 122 valence electrons. The molecule has 2 N–H and O–H groups in total. The van der Waals surface area contributed by atoms with Crippen LogP contribution in [0.3, 0.4) is 0 Å². The molecular formula is C13H24N2O5S. The second kappa shape index (κ2) is 6.60. The molecule has 1 atom stereocenters. The standard InChI is InChI=1S/C13H24N2O5S/c1-2-20-12(16)11-5-3-8-15(9-11)21(18,19)14-10-13(17)6-4-7-13/h11,14,17H,2-10H2,1H3. The van der Waals surface area contributed by atoms with Crippen molar-refractivity contribution in [2.45, 2.75) is 44.6 Å². The van der Waals surface area contributed by atoms with Gasteiger partial charge in [-0.15, -0.1) is 0 Å². The maximum atomic E-state index is 12.2. The quantitative estimate of drug-likeness (QED) is 0.672. The van der Waals surface area contributed by atoms with Gasteiger partial charge in [-0.05, 0) is 39.0 Å². The molecule has 0 amide bonds. The number of hydrogen-bond donors (Lipinski definition) is 2. The Morgan fingerprint density at radius 2 is 2.14 bits per heavy atom. The Balaban J connectivity index is 1.91. The van der Waals surface area contributed by atoms with Crippen molar-refractivity contribution in [3.63, 3.8) is 0 Å². The first kappa shape index (κ1) is 16.7. The zero-order valence-corrected chi connectivity index (χ0v) is 13.2. The number of hydrogen-bond acceptors (Lipinski definition) is 5. The van der Waals surface area contributed by atoms with Gasteiger partial charge in [0.15, 0.2) is 0 Å². The summed E-state index contributed by atoms with van der Waals surface area (Å²) in [6.45, 7) is 2.61. The van der Waals surface area contributed by atoms with Crippen LogP contribution in [0.2, 0.25) is 0 Å². The number of piperidine rings is 1. The van der Waals surface area contributed by atoms with E-state index in [4.69, 9.17) is 4.74 Å². The number of carbonyl (C=O) groups excluding carboxylic acids is 1. The summed E-state index contributed by atoms with van der Waals surface area (Å²) in [5.74, 6) is -0.739. The Hall–Kier alpha value is -0.700. The molecule has 1 aliphatic carbocycles. The predicted octanol–water partition coefficient (Wildman–Crippen LogP) is 0.0109. The van der Waals surface area contributed by atoms with Gasteiger partial charge in [0, 0.05) is 19.6 Å². The van der Waals surface area contributed by atoms with E-state index in [1.165, 1.54) is 4.31 Å². The minimum absolute atomic E-state index is 0.0376. The molecule has 8 heteroatoms. The van der Waals surface area contributed by atoms with Crippen LogP contribution >= 0.6 is 0 Å². The van der Waals surface area contributed by atoms with Crippen LogP contribution < -0.4 is 4.72 Å². The van der Waals surface area contributed by atoms with Crippen molar-refractivity contribution in [2.24, 2.45) is 5.92 Å². The molecule has 1 unspecified atom stereocenters. The second-order valence-corrected chi connectivity index (χ2v) is 7.61. The summed E-state index contributed by atoms with van der Waals surface area (Å²) in [5, 5.41) is 9.96. The number of aliphatic hydroxyl groups is 1. The minimum Gasteiger partial charge on any atom is -0.466 e. The first-order chi connectivity index (χ1) is 9.86. The molecule has 21 heavy (non-hydrogen) atoms. The number of carbonyl (C=O) groups is 1. The molecule has 0 bridgehead atoms. The Morgan fingerprint density at radius 3 is 2.71 bits per heavy atom. The van der Waals surface area contributed by atoms with E-state index in [2.05, 4.69) is 4.72 Å². The van der Waals surface area contributed by atoms with E-state index in [-0.39, 0.29) is 19.1 Å². The lowest BCUT2D eigenvalue weighted by atomic mass is 9.81. The monoisotopic (exact) mass is 320 g/mol. The van der Waals surface area contributed by atoms with Crippen molar-refractivity contribution in [2.75, 3.05) is 26.2 Å². The molecule has 2 fully saturated rings. The molecule has 1 aliphatic heterocycles. The number of nitrogens with one attached hydrogen (secondary N) is 1. The Bertz CT molecular complexity index is 475. The van der Waals surface area contributed by atoms with Gasteiger partial charge in [0.05, 0.1) is 18.1 Å². The van der Waals surface area contributed by atoms with Crippen molar-refractivity contribution in [1.29, 1.82) is 0 Å². The maximum Gasteiger partial charge on any atom is 0.310 e. The molecule has 0 radical (unpaired) electrons. The molecule has 0 spiro atoms. The van der Waals surface area contributed by atoms with Gasteiger partial charge < -0.3 is 9.84 Å². The molecule has 1 heterocycles. The third-order valence-electron chi connectivity index (χ3n) is 4.21. The Kier molecular flexibility index (Phi) is 5.24. The highest BCUT2D eigenvalue weighted by atomic mass is 32.2.